The third kappa shape index (κ3) is 4.00. The Morgan fingerprint density at radius 2 is 2.06 bits per heavy atom. The fraction of sp³-hybridized carbons (Fsp3) is 0.833. The first-order valence-corrected chi connectivity index (χ1v) is 5.51. The number of hydrogen-bond acceptors (Lipinski definition) is 7. The minimum Gasteiger partial charge on any atom is -0.479 e. The van der Waals surface area contributed by atoms with Crippen LogP contribution in [0.1, 0.15) is 6.42 Å². The number of rotatable bonds is 4. The van der Waals surface area contributed by atoms with Gasteiger partial charge < -0.3 is 14.9 Å². The fourth-order valence-corrected chi connectivity index (χ4v) is 1.33. The molecule has 0 saturated carbocycles. The maximum absolute atomic E-state index is 10.5. The van der Waals surface area contributed by atoms with Crippen LogP contribution in [0.25, 0.3) is 0 Å². The Bertz CT molecular complexity index is 349. The van der Waals surface area contributed by atoms with E-state index in [-0.39, 0.29) is 13.0 Å². The minimum absolute atomic E-state index is 0.269. The number of aliphatic hydroxyl groups excluding tert-OH is 1. The summed E-state index contributed by atoms with van der Waals surface area (Å²) < 4.78 is 36.8. The molecule has 1 aliphatic rings. The van der Waals surface area contributed by atoms with E-state index in [4.69, 9.17) is 14.4 Å². The van der Waals surface area contributed by atoms with E-state index >= 15 is 0 Å². The van der Waals surface area contributed by atoms with Crippen LogP contribution in [0, 0.1) is 0 Å². The van der Waals surface area contributed by atoms with Crippen LogP contribution in [0.5, 0.6) is 0 Å². The number of carbonyl (C=O) groups is 1. The minimum atomic E-state index is -4.78. The topological polar surface area (TPSA) is 140 Å². The summed E-state index contributed by atoms with van der Waals surface area (Å²) in [4.78, 5) is 14.7. The smallest absolute Gasteiger partial charge is 0.424 e. The van der Waals surface area contributed by atoms with Crippen molar-refractivity contribution in [3.63, 3.8) is 0 Å². The molecule has 10 heteroatoms. The van der Waals surface area contributed by atoms with Crippen molar-refractivity contribution in [1.82, 2.24) is 0 Å². The highest BCUT2D eigenvalue weighted by Gasteiger charge is 2.35. The van der Waals surface area contributed by atoms with Gasteiger partial charge in [-0.25, -0.2) is 9.68 Å². The SMILES string of the molecule is O=C(O)C1C[C@@H](O)C(OOS(=O)(=O)O)CO1. The molecule has 0 amide bonds. The van der Waals surface area contributed by atoms with Crippen molar-refractivity contribution in [2.24, 2.45) is 0 Å². The summed E-state index contributed by atoms with van der Waals surface area (Å²) in [6, 6.07) is 0. The van der Waals surface area contributed by atoms with Crippen LogP contribution in [0.3, 0.4) is 0 Å². The molecule has 1 heterocycles. The van der Waals surface area contributed by atoms with E-state index in [1.807, 2.05) is 0 Å². The number of ether oxygens (including phenoxy) is 1. The second-order valence-corrected chi connectivity index (χ2v) is 4.09. The van der Waals surface area contributed by atoms with Gasteiger partial charge >= 0.3 is 16.4 Å². The molecule has 16 heavy (non-hydrogen) atoms. The van der Waals surface area contributed by atoms with Gasteiger partial charge in [0.2, 0.25) is 0 Å². The van der Waals surface area contributed by atoms with Crippen LogP contribution in [0.15, 0.2) is 0 Å². The monoisotopic (exact) mass is 258 g/mol. The molecule has 3 N–H and O–H groups in total. The molecule has 0 aromatic carbocycles. The second kappa shape index (κ2) is 5.03. The zero-order chi connectivity index (χ0) is 12.3. The molecule has 1 saturated heterocycles. The maximum Gasteiger partial charge on any atom is 0.424 e. The predicted molar refractivity (Wildman–Crippen MR) is 45.5 cm³/mol. The Morgan fingerprint density at radius 1 is 1.44 bits per heavy atom. The van der Waals surface area contributed by atoms with Gasteiger partial charge in [-0.1, -0.05) is 4.33 Å². The van der Waals surface area contributed by atoms with Crippen molar-refractivity contribution in [3.05, 3.63) is 0 Å². The fourth-order valence-electron chi connectivity index (χ4n) is 1.13. The number of aliphatic hydroxyl groups is 1. The summed E-state index contributed by atoms with van der Waals surface area (Å²) in [7, 11) is -4.78. The van der Waals surface area contributed by atoms with E-state index in [1.165, 1.54) is 0 Å². The quantitative estimate of drug-likeness (QED) is 0.307. The van der Waals surface area contributed by atoms with Gasteiger partial charge in [0.1, 0.15) is 6.10 Å². The standard InChI is InChI=1S/C6H10O9S/c7-3-1-4(6(8)9)13-2-5(3)14-15-16(10,11)12/h3-5,7H,1-2H2,(H,8,9)(H,10,11,12)/t3-,4?,5?/m1/s1. The molecule has 0 aromatic rings. The summed E-state index contributed by atoms with van der Waals surface area (Å²) >= 11 is 0. The highest BCUT2D eigenvalue weighted by molar-refractivity contribution is 7.80. The van der Waals surface area contributed by atoms with Crippen molar-refractivity contribution in [2.75, 3.05) is 6.61 Å². The molecule has 94 valence electrons. The molecule has 0 aliphatic carbocycles. The molecule has 0 bridgehead atoms. The van der Waals surface area contributed by atoms with Gasteiger partial charge in [0.05, 0.1) is 12.7 Å². The van der Waals surface area contributed by atoms with Crippen LogP contribution in [0.4, 0.5) is 0 Å². The first-order valence-electron chi connectivity index (χ1n) is 4.14. The second-order valence-electron chi connectivity index (χ2n) is 3.09. The molecule has 3 atom stereocenters. The van der Waals surface area contributed by atoms with Crippen molar-refractivity contribution >= 4 is 16.4 Å². The van der Waals surface area contributed by atoms with Crippen LogP contribution in [-0.2, 0) is 29.2 Å². The zero-order valence-corrected chi connectivity index (χ0v) is 8.66. The molecular formula is C6H10O9S. The largest absolute Gasteiger partial charge is 0.479 e. The highest BCUT2D eigenvalue weighted by Crippen LogP contribution is 2.17. The first kappa shape index (κ1) is 13.3. The van der Waals surface area contributed by atoms with Crippen molar-refractivity contribution in [1.29, 1.82) is 0 Å². The van der Waals surface area contributed by atoms with Gasteiger partial charge in [0, 0.05) is 6.42 Å². The van der Waals surface area contributed by atoms with Crippen molar-refractivity contribution < 1.29 is 41.9 Å². The van der Waals surface area contributed by atoms with Gasteiger partial charge in [-0.15, -0.1) is 0 Å². The van der Waals surface area contributed by atoms with E-state index in [0.717, 1.165) is 0 Å². The average molecular weight is 258 g/mol. The summed E-state index contributed by atoms with van der Waals surface area (Å²) in [5.74, 6) is -1.24. The third-order valence-electron chi connectivity index (χ3n) is 1.87. The first-order chi connectivity index (χ1) is 7.29. The predicted octanol–water partition coefficient (Wildman–Crippen LogP) is -1.66. The van der Waals surface area contributed by atoms with Gasteiger partial charge in [0.25, 0.3) is 0 Å². The third-order valence-corrected chi connectivity index (χ3v) is 2.12. The number of aliphatic carboxylic acids is 1. The summed E-state index contributed by atoms with van der Waals surface area (Å²) in [5.41, 5.74) is 0. The van der Waals surface area contributed by atoms with Gasteiger partial charge in [-0.05, 0) is 0 Å². The number of carboxylic acids is 1. The normalized spacial score (nSPS) is 31.2. The Hall–Kier alpha value is -0.780. The zero-order valence-electron chi connectivity index (χ0n) is 7.85. The van der Waals surface area contributed by atoms with Gasteiger partial charge in [-0.2, -0.15) is 8.42 Å². The summed E-state index contributed by atoms with van der Waals surface area (Å²) in [6.45, 7) is -0.367. The molecule has 0 aromatic heterocycles. The molecule has 1 fully saturated rings. The molecular weight excluding hydrogens is 248 g/mol. The molecule has 9 nitrogen and oxygen atoms in total. The molecule has 2 unspecified atom stereocenters. The van der Waals surface area contributed by atoms with Gasteiger partial charge in [0.15, 0.2) is 6.10 Å². The van der Waals surface area contributed by atoms with Crippen LogP contribution < -0.4 is 0 Å². The Balaban J connectivity index is 2.45. The molecule has 1 rings (SSSR count). The van der Waals surface area contributed by atoms with E-state index in [0.29, 0.717) is 0 Å². The van der Waals surface area contributed by atoms with E-state index in [1.54, 1.807) is 0 Å². The lowest BCUT2D eigenvalue weighted by molar-refractivity contribution is -0.292. The van der Waals surface area contributed by atoms with Crippen molar-refractivity contribution in [3.8, 4) is 0 Å². The lowest BCUT2D eigenvalue weighted by Gasteiger charge is -2.29. The van der Waals surface area contributed by atoms with E-state index < -0.39 is 34.7 Å². The van der Waals surface area contributed by atoms with Crippen LogP contribution in [0.2, 0.25) is 0 Å². The summed E-state index contributed by atoms with van der Waals surface area (Å²) in [5, 5.41) is 17.9. The lowest BCUT2D eigenvalue weighted by Crippen LogP contribution is -2.45. The van der Waals surface area contributed by atoms with E-state index in [9.17, 15) is 18.3 Å². The number of carboxylic acid groups (broad SMARTS) is 1. The van der Waals surface area contributed by atoms with Gasteiger partial charge in [-0.3, -0.25) is 4.55 Å². The highest BCUT2D eigenvalue weighted by atomic mass is 32.3. The van der Waals surface area contributed by atoms with Crippen LogP contribution >= 0.6 is 0 Å². The van der Waals surface area contributed by atoms with E-state index in [2.05, 4.69) is 9.22 Å². The molecule has 0 radical (unpaired) electrons. The molecule has 0 spiro atoms. The van der Waals surface area contributed by atoms with Crippen LogP contribution in [-0.4, -0.2) is 54.1 Å². The number of hydrogen-bond donors (Lipinski definition) is 3. The Labute approximate surface area is 90.4 Å². The summed E-state index contributed by atoms with van der Waals surface area (Å²) in [6.07, 6.45) is -3.90. The maximum atomic E-state index is 10.5. The lowest BCUT2D eigenvalue weighted by atomic mass is 10.0. The Kier molecular flexibility index (Phi) is 4.18. The Morgan fingerprint density at radius 3 is 2.50 bits per heavy atom. The molecule has 1 aliphatic heterocycles. The average Bonchev–Trinajstić information content (AvgIpc) is 2.14. The van der Waals surface area contributed by atoms with Crippen molar-refractivity contribution in [2.45, 2.75) is 24.7 Å².